The monoisotopic (exact) mass is 643 g/mol. The lowest BCUT2D eigenvalue weighted by Gasteiger charge is -2.27. The molecule has 0 amide bonds. The molecule has 0 N–H and O–H groups in total. The molecule has 0 saturated heterocycles. The highest BCUT2D eigenvalue weighted by atomic mass is 15.1. The van der Waals surface area contributed by atoms with E-state index in [2.05, 4.69) is 173 Å². The number of para-hydroxylation sites is 4. The summed E-state index contributed by atoms with van der Waals surface area (Å²) >= 11 is 0. The van der Waals surface area contributed by atoms with Gasteiger partial charge in [0, 0.05) is 39.8 Å². The summed E-state index contributed by atoms with van der Waals surface area (Å²) in [4.78, 5) is 17.3. The van der Waals surface area contributed by atoms with Gasteiger partial charge in [-0.25, -0.2) is 4.98 Å². The van der Waals surface area contributed by atoms with Gasteiger partial charge in [-0.05, 0) is 65.5 Å². The van der Waals surface area contributed by atoms with Crippen molar-refractivity contribution in [3.63, 3.8) is 0 Å². The van der Waals surface area contributed by atoms with Crippen LogP contribution >= 0.6 is 0 Å². The van der Waals surface area contributed by atoms with Crippen molar-refractivity contribution in [3.05, 3.63) is 187 Å². The number of aromatic nitrogens is 2. The zero-order valence-corrected chi connectivity index (χ0v) is 27.3. The minimum absolute atomic E-state index is 0.0278. The first-order valence-corrected chi connectivity index (χ1v) is 16.9. The van der Waals surface area contributed by atoms with Crippen LogP contribution in [0.2, 0.25) is 0 Å². The van der Waals surface area contributed by atoms with E-state index in [4.69, 9.17) is 15.0 Å². The van der Waals surface area contributed by atoms with E-state index in [1.54, 1.807) is 0 Å². The first kappa shape index (κ1) is 29.5. The molecule has 1 atom stereocenters. The van der Waals surface area contributed by atoms with Gasteiger partial charge in [0.15, 0.2) is 0 Å². The molecular weight excluding hydrogens is 611 g/mol. The second-order valence-corrected chi connectivity index (χ2v) is 12.5. The van der Waals surface area contributed by atoms with E-state index >= 15 is 0 Å². The Balaban J connectivity index is 0.962. The van der Waals surface area contributed by atoms with Crippen LogP contribution in [0.25, 0.3) is 38.9 Å². The summed E-state index contributed by atoms with van der Waals surface area (Å²) in [6, 6.07) is 61.5. The molecule has 0 bridgehead atoms. The van der Waals surface area contributed by atoms with Crippen LogP contribution in [-0.2, 0) is 0 Å². The Morgan fingerprint density at radius 2 is 1.22 bits per heavy atom. The van der Waals surface area contributed by atoms with Crippen LogP contribution < -0.4 is 4.90 Å². The van der Waals surface area contributed by atoms with Crippen molar-refractivity contribution in [2.75, 3.05) is 11.4 Å². The molecule has 238 valence electrons. The average Bonchev–Trinajstić information content (AvgIpc) is 3.59. The summed E-state index contributed by atoms with van der Waals surface area (Å²) in [6.07, 6.45) is 1.92. The van der Waals surface area contributed by atoms with Gasteiger partial charge in [0.1, 0.15) is 5.82 Å². The molecule has 0 spiro atoms. The first-order chi connectivity index (χ1) is 24.8. The van der Waals surface area contributed by atoms with Gasteiger partial charge in [-0.2, -0.15) is 0 Å². The fourth-order valence-electron chi connectivity index (χ4n) is 6.89. The smallest absolute Gasteiger partial charge is 0.145 e. The van der Waals surface area contributed by atoms with Gasteiger partial charge in [-0.3, -0.25) is 14.6 Å². The topological polar surface area (TPSA) is 45.8 Å². The fraction of sp³-hybridized carbons (Fsp3) is 0.0444. The van der Waals surface area contributed by atoms with Gasteiger partial charge in [0.2, 0.25) is 0 Å². The Morgan fingerprint density at radius 1 is 0.560 bits per heavy atom. The average molecular weight is 644 g/mol. The van der Waals surface area contributed by atoms with Crippen LogP contribution in [-0.4, -0.2) is 28.0 Å². The van der Waals surface area contributed by atoms with Gasteiger partial charge < -0.3 is 4.90 Å². The number of benzene rings is 7. The maximum Gasteiger partial charge on any atom is 0.145 e. The molecule has 0 radical (unpaired) electrons. The van der Waals surface area contributed by atoms with Gasteiger partial charge in [-0.1, -0.05) is 121 Å². The maximum absolute atomic E-state index is 5.02. The molecule has 2 heterocycles. The van der Waals surface area contributed by atoms with E-state index in [9.17, 15) is 0 Å². The third-order valence-electron chi connectivity index (χ3n) is 9.38. The molecule has 0 aliphatic carbocycles. The molecule has 0 saturated carbocycles. The molecular formula is C45H33N5. The number of nitrogens with zero attached hydrogens (tertiary/aromatic N) is 5. The second-order valence-electron chi connectivity index (χ2n) is 12.5. The number of fused-ring (bicyclic) bond motifs is 2. The van der Waals surface area contributed by atoms with E-state index in [0.717, 1.165) is 62.0 Å². The molecule has 5 nitrogen and oxygen atoms in total. The molecule has 1 aromatic heterocycles. The quantitative estimate of drug-likeness (QED) is 0.173. The molecule has 1 aliphatic rings. The van der Waals surface area contributed by atoms with Crippen molar-refractivity contribution in [2.24, 2.45) is 9.98 Å². The highest BCUT2D eigenvalue weighted by Gasteiger charge is 2.19. The van der Waals surface area contributed by atoms with Gasteiger partial charge >= 0.3 is 0 Å². The van der Waals surface area contributed by atoms with E-state index < -0.39 is 0 Å². The Hall–Kier alpha value is -6.59. The number of hydrogen-bond donors (Lipinski definition) is 0. The Labute approximate surface area is 291 Å². The number of hydrogen-bond acceptors (Lipinski definition) is 4. The molecule has 8 aromatic rings. The summed E-state index contributed by atoms with van der Waals surface area (Å²) in [5, 5.41) is 2.42. The van der Waals surface area contributed by atoms with Crippen LogP contribution in [0.4, 0.5) is 17.1 Å². The summed E-state index contributed by atoms with van der Waals surface area (Å²) in [5.74, 6) is 0.922. The van der Waals surface area contributed by atoms with Crippen LogP contribution in [0, 0.1) is 0 Å². The minimum Gasteiger partial charge on any atom is -0.310 e. The zero-order valence-electron chi connectivity index (χ0n) is 27.3. The lowest BCUT2D eigenvalue weighted by Crippen LogP contribution is -2.14. The summed E-state index contributed by atoms with van der Waals surface area (Å²) < 4.78 is 2.23. The SMILES string of the molecule is C1=NC(c2ccc(-c3nc4ccccc4n3-c3ccccc3)cc2)CN=C1c1ccc(N(c2ccccc2)c2cccc3ccccc23)cc1. The van der Waals surface area contributed by atoms with Crippen molar-refractivity contribution >= 4 is 50.8 Å². The standard InChI is InChI=1S/C45H33N5/c1-3-14-36(15-4-1)49(43-21-11-13-32-12-7-8-18-39(32)43)38-28-26-34(27-29-38)42-31-46-41(30-47-42)33-22-24-35(25-23-33)45-48-40-19-9-10-20-44(40)50(45)37-16-5-2-6-17-37/h1-29,31,41H,30H2. The third kappa shape index (κ3) is 5.45. The van der Waals surface area contributed by atoms with Gasteiger partial charge in [-0.15, -0.1) is 0 Å². The van der Waals surface area contributed by atoms with Crippen molar-refractivity contribution in [2.45, 2.75) is 6.04 Å². The molecule has 7 aromatic carbocycles. The fourth-order valence-corrected chi connectivity index (χ4v) is 6.89. The molecule has 0 fully saturated rings. The predicted molar refractivity (Wildman–Crippen MR) is 208 cm³/mol. The van der Waals surface area contributed by atoms with E-state index in [0.29, 0.717) is 6.54 Å². The molecule has 9 rings (SSSR count). The van der Waals surface area contributed by atoms with E-state index in [1.165, 1.54) is 10.8 Å². The van der Waals surface area contributed by atoms with Crippen molar-refractivity contribution in [3.8, 4) is 17.1 Å². The van der Waals surface area contributed by atoms with Gasteiger partial charge in [0.25, 0.3) is 0 Å². The molecule has 1 aliphatic heterocycles. The normalized spacial score (nSPS) is 14.2. The van der Waals surface area contributed by atoms with Crippen LogP contribution in [0.3, 0.4) is 0 Å². The zero-order chi connectivity index (χ0) is 33.3. The number of rotatable bonds is 7. The Morgan fingerprint density at radius 3 is 2.00 bits per heavy atom. The summed E-state index contributed by atoms with van der Waals surface area (Å²) in [6.45, 7) is 0.599. The first-order valence-electron chi connectivity index (χ1n) is 16.9. The second kappa shape index (κ2) is 12.8. The number of imidazole rings is 1. The third-order valence-corrected chi connectivity index (χ3v) is 9.38. The lowest BCUT2D eigenvalue weighted by molar-refractivity contribution is 0.738. The number of anilines is 3. The van der Waals surface area contributed by atoms with Crippen LogP contribution in [0.1, 0.15) is 17.2 Å². The van der Waals surface area contributed by atoms with E-state index in [1.807, 2.05) is 18.3 Å². The molecule has 50 heavy (non-hydrogen) atoms. The molecule has 5 heteroatoms. The molecule has 1 unspecified atom stereocenters. The highest BCUT2D eigenvalue weighted by molar-refractivity contribution is 6.38. The van der Waals surface area contributed by atoms with Gasteiger partial charge in [0.05, 0.1) is 35.0 Å². The van der Waals surface area contributed by atoms with Crippen molar-refractivity contribution in [1.29, 1.82) is 0 Å². The summed E-state index contributed by atoms with van der Waals surface area (Å²) in [7, 11) is 0. The minimum atomic E-state index is -0.0278. The maximum atomic E-state index is 5.02. The van der Waals surface area contributed by atoms with Crippen molar-refractivity contribution in [1.82, 2.24) is 9.55 Å². The largest absolute Gasteiger partial charge is 0.310 e. The van der Waals surface area contributed by atoms with Crippen molar-refractivity contribution < 1.29 is 0 Å². The van der Waals surface area contributed by atoms with Crippen LogP contribution in [0.15, 0.2) is 186 Å². The lowest BCUT2D eigenvalue weighted by atomic mass is 10.0. The predicted octanol–water partition coefficient (Wildman–Crippen LogP) is 10.9. The van der Waals surface area contributed by atoms with Crippen LogP contribution in [0.5, 0.6) is 0 Å². The highest BCUT2D eigenvalue weighted by Crippen LogP contribution is 2.39. The Kier molecular flexibility index (Phi) is 7.56. The number of aliphatic imine (C=N–C) groups is 2. The van der Waals surface area contributed by atoms with E-state index in [-0.39, 0.29) is 6.04 Å². The summed E-state index contributed by atoms with van der Waals surface area (Å²) in [5.41, 5.74) is 10.6. The Bertz CT molecular complexity index is 2490.